The van der Waals surface area contributed by atoms with Crippen LogP contribution in [0.4, 0.5) is 17.8 Å². The number of hydrogen-bond acceptors (Lipinski definition) is 7. The molecule has 0 aliphatic heterocycles. The number of aromatic nitrogens is 4. The van der Waals surface area contributed by atoms with Gasteiger partial charge in [0.1, 0.15) is 0 Å². The quantitative estimate of drug-likeness (QED) is 0.837. The van der Waals surface area contributed by atoms with E-state index in [-0.39, 0.29) is 12.0 Å². The zero-order valence-electron chi connectivity index (χ0n) is 12.6. The smallest absolute Gasteiger partial charge is 0.231 e. The fourth-order valence-corrected chi connectivity index (χ4v) is 1.99. The molecule has 0 saturated heterocycles. The van der Waals surface area contributed by atoms with E-state index in [0.29, 0.717) is 11.9 Å². The standard InChI is InChI=1S/C14H21N7/c1-4-21(5-2)14-19-12(15)18-13(20-14)17-10(3)11-8-6-7-9-16-11/h6-10H,4-5H2,1-3H3,(H3,15,17,18,19,20). The van der Waals surface area contributed by atoms with E-state index in [0.717, 1.165) is 18.8 Å². The van der Waals surface area contributed by atoms with Gasteiger partial charge in [0.25, 0.3) is 0 Å². The van der Waals surface area contributed by atoms with Gasteiger partial charge in [0.15, 0.2) is 0 Å². The van der Waals surface area contributed by atoms with Crippen molar-refractivity contribution in [3.8, 4) is 0 Å². The van der Waals surface area contributed by atoms with Crippen LogP contribution in [-0.4, -0.2) is 33.0 Å². The van der Waals surface area contributed by atoms with Crippen molar-refractivity contribution in [1.82, 2.24) is 19.9 Å². The van der Waals surface area contributed by atoms with Gasteiger partial charge in [-0.2, -0.15) is 15.0 Å². The normalized spacial score (nSPS) is 12.0. The molecule has 2 heterocycles. The fraction of sp³-hybridized carbons (Fsp3) is 0.429. The maximum Gasteiger partial charge on any atom is 0.231 e. The van der Waals surface area contributed by atoms with Crippen molar-refractivity contribution < 1.29 is 0 Å². The van der Waals surface area contributed by atoms with Gasteiger partial charge in [-0.25, -0.2) is 0 Å². The predicted molar refractivity (Wildman–Crippen MR) is 84.1 cm³/mol. The molecule has 0 radical (unpaired) electrons. The molecule has 21 heavy (non-hydrogen) atoms. The molecular weight excluding hydrogens is 266 g/mol. The van der Waals surface area contributed by atoms with Crippen LogP contribution in [0, 0.1) is 0 Å². The Balaban J connectivity index is 2.20. The van der Waals surface area contributed by atoms with Gasteiger partial charge in [-0.3, -0.25) is 4.98 Å². The molecule has 0 aliphatic rings. The van der Waals surface area contributed by atoms with Crippen molar-refractivity contribution in [2.45, 2.75) is 26.8 Å². The minimum absolute atomic E-state index is 0.0162. The topological polar surface area (TPSA) is 92.9 Å². The maximum absolute atomic E-state index is 5.78. The van der Waals surface area contributed by atoms with Gasteiger partial charge in [-0.05, 0) is 32.9 Å². The van der Waals surface area contributed by atoms with Crippen LogP contribution in [0.15, 0.2) is 24.4 Å². The van der Waals surface area contributed by atoms with Crippen LogP contribution in [-0.2, 0) is 0 Å². The molecule has 0 amide bonds. The molecule has 2 rings (SSSR count). The number of nitrogens with one attached hydrogen (secondary N) is 1. The lowest BCUT2D eigenvalue weighted by molar-refractivity contribution is 0.792. The highest BCUT2D eigenvalue weighted by molar-refractivity contribution is 5.42. The van der Waals surface area contributed by atoms with Gasteiger partial charge in [0, 0.05) is 19.3 Å². The molecule has 2 aromatic heterocycles. The zero-order valence-corrected chi connectivity index (χ0v) is 12.6. The van der Waals surface area contributed by atoms with Crippen LogP contribution in [0.25, 0.3) is 0 Å². The summed E-state index contributed by atoms with van der Waals surface area (Å²) in [5, 5.41) is 3.21. The van der Waals surface area contributed by atoms with Crippen LogP contribution in [0.3, 0.4) is 0 Å². The van der Waals surface area contributed by atoms with Crippen molar-refractivity contribution in [2.24, 2.45) is 0 Å². The molecule has 7 heteroatoms. The zero-order chi connectivity index (χ0) is 15.2. The summed E-state index contributed by atoms with van der Waals surface area (Å²) in [5.74, 6) is 1.26. The predicted octanol–water partition coefficient (Wildman–Crippen LogP) is 1.87. The van der Waals surface area contributed by atoms with E-state index < -0.39 is 0 Å². The largest absolute Gasteiger partial charge is 0.368 e. The third-order valence-electron chi connectivity index (χ3n) is 3.16. The van der Waals surface area contributed by atoms with Crippen molar-refractivity contribution >= 4 is 17.8 Å². The molecule has 1 unspecified atom stereocenters. The summed E-state index contributed by atoms with van der Waals surface area (Å²) in [6.07, 6.45) is 1.76. The summed E-state index contributed by atoms with van der Waals surface area (Å²) in [5.41, 5.74) is 6.69. The third-order valence-corrected chi connectivity index (χ3v) is 3.16. The Bertz CT molecular complexity index is 569. The number of rotatable bonds is 6. The summed E-state index contributed by atoms with van der Waals surface area (Å²) in [4.78, 5) is 19.1. The summed E-state index contributed by atoms with van der Waals surface area (Å²) in [7, 11) is 0. The van der Waals surface area contributed by atoms with Crippen LogP contribution in [0.2, 0.25) is 0 Å². The Hall–Kier alpha value is -2.44. The SMILES string of the molecule is CCN(CC)c1nc(N)nc(NC(C)c2ccccn2)n1. The van der Waals surface area contributed by atoms with Crippen molar-refractivity contribution in [3.63, 3.8) is 0 Å². The van der Waals surface area contributed by atoms with Crippen LogP contribution in [0.5, 0.6) is 0 Å². The second-order valence-corrected chi connectivity index (χ2v) is 4.61. The van der Waals surface area contributed by atoms with Gasteiger partial charge in [-0.1, -0.05) is 6.07 Å². The Morgan fingerprint density at radius 3 is 2.57 bits per heavy atom. The van der Waals surface area contributed by atoms with E-state index in [9.17, 15) is 0 Å². The molecular formula is C14H21N7. The minimum Gasteiger partial charge on any atom is -0.368 e. The molecule has 1 atom stereocenters. The van der Waals surface area contributed by atoms with E-state index in [4.69, 9.17) is 5.73 Å². The van der Waals surface area contributed by atoms with Crippen LogP contribution >= 0.6 is 0 Å². The average Bonchev–Trinajstić information content (AvgIpc) is 2.49. The first kappa shape index (κ1) is 15.0. The van der Waals surface area contributed by atoms with E-state index in [2.05, 4.69) is 25.3 Å². The number of nitrogens with two attached hydrogens (primary N) is 1. The third kappa shape index (κ3) is 3.77. The number of hydrogen-bond donors (Lipinski definition) is 2. The molecule has 0 aromatic carbocycles. The second-order valence-electron chi connectivity index (χ2n) is 4.61. The number of nitrogen functional groups attached to an aromatic ring is 1. The van der Waals surface area contributed by atoms with Crippen LogP contribution in [0.1, 0.15) is 32.5 Å². The molecule has 3 N–H and O–H groups in total. The highest BCUT2D eigenvalue weighted by Gasteiger charge is 2.12. The molecule has 0 spiro atoms. The number of pyridine rings is 1. The fourth-order valence-electron chi connectivity index (χ4n) is 1.99. The van der Waals surface area contributed by atoms with E-state index in [1.54, 1.807) is 6.20 Å². The monoisotopic (exact) mass is 287 g/mol. The Labute approximate surface area is 124 Å². The molecule has 7 nitrogen and oxygen atoms in total. The van der Waals surface area contributed by atoms with Gasteiger partial charge < -0.3 is 16.0 Å². The maximum atomic E-state index is 5.78. The van der Waals surface area contributed by atoms with Crippen LogP contribution < -0.4 is 16.0 Å². The van der Waals surface area contributed by atoms with E-state index in [1.165, 1.54) is 0 Å². The van der Waals surface area contributed by atoms with Gasteiger partial charge in [0.05, 0.1) is 11.7 Å². The minimum atomic E-state index is -0.0162. The molecule has 2 aromatic rings. The summed E-state index contributed by atoms with van der Waals surface area (Å²) >= 11 is 0. The summed E-state index contributed by atoms with van der Waals surface area (Å²) in [6, 6.07) is 5.77. The number of anilines is 3. The Kier molecular flexibility index (Phi) is 4.86. The van der Waals surface area contributed by atoms with Crippen molar-refractivity contribution in [3.05, 3.63) is 30.1 Å². The lowest BCUT2D eigenvalue weighted by Gasteiger charge is -2.20. The lowest BCUT2D eigenvalue weighted by atomic mass is 10.2. The van der Waals surface area contributed by atoms with Crippen molar-refractivity contribution in [2.75, 3.05) is 29.0 Å². The first-order valence-electron chi connectivity index (χ1n) is 7.08. The summed E-state index contributed by atoms with van der Waals surface area (Å²) in [6.45, 7) is 7.73. The molecule has 112 valence electrons. The molecule has 0 aliphatic carbocycles. The van der Waals surface area contributed by atoms with Crippen molar-refractivity contribution in [1.29, 1.82) is 0 Å². The highest BCUT2D eigenvalue weighted by Crippen LogP contribution is 2.17. The second kappa shape index (κ2) is 6.83. The molecule has 0 bridgehead atoms. The first-order valence-corrected chi connectivity index (χ1v) is 7.08. The van der Waals surface area contributed by atoms with Gasteiger partial charge in [-0.15, -0.1) is 0 Å². The van der Waals surface area contributed by atoms with E-state index in [1.807, 2.05) is 43.9 Å². The van der Waals surface area contributed by atoms with E-state index >= 15 is 0 Å². The first-order chi connectivity index (χ1) is 10.1. The lowest BCUT2D eigenvalue weighted by Crippen LogP contribution is -2.25. The van der Waals surface area contributed by atoms with Gasteiger partial charge >= 0.3 is 0 Å². The average molecular weight is 287 g/mol. The molecule has 0 saturated carbocycles. The van der Waals surface area contributed by atoms with Gasteiger partial charge in [0.2, 0.25) is 17.8 Å². The summed E-state index contributed by atoms with van der Waals surface area (Å²) < 4.78 is 0. The highest BCUT2D eigenvalue weighted by atomic mass is 15.3. The Morgan fingerprint density at radius 1 is 1.19 bits per heavy atom. The Morgan fingerprint density at radius 2 is 1.95 bits per heavy atom. The number of nitrogens with zero attached hydrogens (tertiary/aromatic N) is 5. The molecule has 0 fully saturated rings.